The van der Waals surface area contributed by atoms with Crippen molar-refractivity contribution in [2.24, 2.45) is 17.8 Å². The van der Waals surface area contributed by atoms with Gasteiger partial charge in [-0.3, -0.25) is 9.59 Å². The van der Waals surface area contributed by atoms with Gasteiger partial charge in [-0.1, -0.05) is 32.3 Å². The predicted molar refractivity (Wildman–Crippen MR) is 68.1 cm³/mol. The molecule has 0 heterocycles. The summed E-state index contributed by atoms with van der Waals surface area (Å²) in [6.07, 6.45) is 7.58. The maximum atomic E-state index is 11.5. The van der Waals surface area contributed by atoms with Gasteiger partial charge in [0.2, 0.25) is 0 Å². The van der Waals surface area contributed by atoms with Crippen molar-refractivity contribution in [1.29, 1.82) is 0 Å². The molecule has 0 aromatic carbocycles. The van der Waals surface area contributed by atoms with Crippen LogP contribution in [-0.2, 0) is 9.59 Å². The molecule has 18 heavy (non-hydrogen) atoms. The van der Waals surface area contributed by atoms with Crippen LogP contribution in [0.25, 0.3) is 0 Å². The molecule has 0 spiro atoms. The molecule has 0 fully saturated rings. The normalized spacial score (nSPS) is 24.4. The van der Waals surface area contributed by atoms with Crippen molar-refractivity contribution in [3.8, 4) is 0 Å². The van der Waals surface area contributed by atoms with Crippen LogP contribution in [0.15, 0.2) is 12.2 Å². The van der Waals surface area contributed by atoms with Crippen LogP contribution in [0, 0.1) is 17.8 Å². The van der Waals surface area contributed by atoms with Crippen LogP contribution in [0.5, 0.6) is 0 Å². The van der Waals surface area contributed by atoms with Gasteiger partial charge >= 0.3 is 5.97 Å². The Bertz CT molecular complexity index is 322. The first kappa shape index (κ1) is 14.9. The van der Waals surface area contributed by atoms with E-state index < -0.39 is 5.97 Å². The second kappa shape index (κ2) is 7.31. The molecular formula is C14H22O4. The van der Waals surface area contributed by atoms with Crippen LogP contribution < -0.4 is 0 Å². The minimum absolute atomic E-state index is 0.0181. The largest absolute Gasteiger partial charge is 0.481 e. The number of ketones is 1. The van der Waals surface area contributed by atoms with Crippen molar-refractivity contribution in [3.63, 3.8) is 0 Å². The predicted octanol–water partition coefficient (Wildman–Crippen LogP) is 2.02. The van der Waals surface area contributed by atoms with E-state index in [1.165, 1.54) is 0 Å². The number of aliphatic hydroxyl groups is 1. The maximum absolute atomic E-state index is 11.5. The maximum Gasteiger partial charge on any atom is 0.306 e. The molecule has 1 unspecified atom stereocenters. The molecule has 0 radical (unpaired) electrons. The molecule has 0 aromatic rings. The molecule has 0 saturated carbocycles. The number of unbranched alkanes of at least 4 members (excludes halogenated alkanes) is 2. The van der Waals surface area contributed by atoms with Crippen molar-refractivity contribution in [2.75, 3.05) is 6.61 Å². The lowest BCUT2D eigenvalue weighted by Crippen LogP contribution is -2.18. The van der Waals surface area contributed by atoms with E-state index in [2.05, 4.69) is 0 Å². The zero-order valence-corrected chi connectivity index (χ0v) is 10.8. The van der Waals surface area contributed by atoms with Gasteiger partial charge in [-0.2, -0.15) is 0 Å². The van der Waals surface area contributed by atoms with Gasteiger partial charge in [0.25, 0.3) is 0 Å². The zero-order chi connectivity index (χ0) is 13.5. The summed E-state index contributed by atoms with van der Waals surface area (Å²) >= 11 is 0. The average Bonchev–Trinajstić information content (AvgIpc) is 2.69. The zero-order valence-electron chi connectivity index (χ0n) is 10.8. The Hall–Kier alpha value is -1.16. The fourth-order valence-electron chi connectivity index (χ4n) is 2.35. The molecule has 0 aliphatic heterocycles. The molecule has 1 aliphatic rings. The van der Waals surface area contributed by atoms with Gasteiger partial charge in [0.1, 0.15) is 0 Å². The van der Waals surface area contributed by atoms with Gasteiger partial charge in [0.15, 0.2) is 5.78 Å². The highest BCUT2D eigenvalue weighted by atomic mass is 16.4. The summed E-state index contributed by atoms with van der Waals surface area (Å²) in [5, 5.41) is 17.9. The molecule has 2 N–H and O–H groups in total. The molecule has 1 aliphatic carbocycles. The second-order valence-corrected chi connectivity index (χ2v) is 5.09. The van der Waals surface area contributed by atoms with Crippen molar-refractivity contribution < 1.29 is 19.8 Å². The van der Waals surface area contributed by atoms with Crippen LogP contribution >= 0.6 is 0 Å². The van der Waals surface area contributed by atoms with Crippen molar-refractivity contribution in [1.82, 2.24) is 0 Å². The van der Waals surface area contributed by atoms with Gasteiger partial charge in [-0.25, -0.2) is 0 Å². The Morgan fingerprint density at radius 3 is 2.72 bits per heavy atom. The highest BCUT2D eigenvalue weighted by Crippen LogP contribution is 2.27. The van der Waals surface area contributed by atoms with Gasteiger partial charge in [-0.15, -0.1) is 0 Å². The van der Waals surface area contributed by atoms with Gasteiger partial charge in [0, 0.05) is 11.8 Å². The summed E-state index contributed by atoms with van der Waals surface area (Å²) in [6.45, 7) is 1.75. The first-order valence-corrected chi connectivity index (χ1v) is 6.62. The Morgan fingerprint density at radius 1 is 1.39 bits per heavy atom. The fourth-order valence-corrected chi connectivity index (χ4v) is 2.35. The topological polar surface area (TPSA) is 74.6 Å². The van der Waals surface area contributed by atoms with Crippen molar-refractivity contribution in [2.45, 2.75) is 39.0 Å². The summed E-state index contributed by atoms with van der Waals surface area (Å²) < 4.78 is 0. The number of carboxylic acid groups (broad SMARTS) is 1. The number of carbonyl (C=O) groups excluding carboxylic acids is 1. The molecule has 0 aromatic heterocycles. The number of carboxylic acids is 1. The molecule has 0 bridgehead atoms. The first-order chi connectivity index (χ1) is 8.56. The van der Waals surface area contributed by atoms with E-state index in [0.717, 1.165) is 25.7 Å². The van der Waals surface area contributed by atoms with E-state index in [-0.39, 0.29) is 30.1 Å². The summed E-state index contributed by atoms with van der Waals surface area (Å²) in [5.41, 5.74) is 0. The van der Waals surface area contributed by atoms with E-state index >= 15 is 0 Å². The second-order valence-electron chi connectivity index (χ2n) is 5.09. The van der Waals surface area contributed by atoms with Crippen molar-refractivity contribution in [3.05, 3.63) is 12.2 Å². The minimum atomic E-state index is -0.745. The van der Waals surface area contributed by atoms with Gasteiger partial charge in [0.05, 0.1) is 12.5 Å². The molecular weight excluding hydrogens is 232 g/mol. The quantitative estimate of drug-likeness (QED) is 0.650. The Kier molecular flexibility index (Phi) is 6.05. The summed E-state index contributed by atoms with van der Waals surface area (Å²) in [6, 6.07) is 0. The van der Waals surface area contributed by atoms with E-state index in [4.69, 9.17) is 10.2 Å². The van der Waals surface area contributed by atoms with E-state index in [1.54, 1.807) is 19.1 Å². The lowest BCUT2D eigenvalue weighted by molar-refractivity contribution is -0.141. The Balaban J connectivity index is 2.15. The third kappa shape index (κ3) is 4.26. The number of allylic oxidation sites excluding steroid dienone is 1. The highest BCUT2D eigenvalue weighted by Gasteiger charge is 2.28. The molecule has 1 rings (SSSR count). The molecule has 4 heteroatoms. The summed E-state index contributed by atoms with van der Waals surface area (Å²) in [4.78, 5) is 22.1. The first-order valence-electron chi connectivity index (χ1n) is 6.62. The highest BCUT2D eigenvalue weighted by molar-refractivity contribution is 5.94. The smallest absolute Gasteiger partial charge is 0.306 e. The SMILES string of the molecule is CC(CCCCC[C@H]1C(=O)C=C[C@@H]1CO)C(=O)O. The number of hydrogen-bond donors (Lipinski definition) is 2. The lowest BCUT2D eigenvalue weighted by Gasteiger charge is -2.15. The minimum Gasteiger partial charge on any atom is -0.481 e. The van der Waals surface area contributed by atoms with Crippen molar-refractivity contribution >= 4 is 11.8 Å². The number of hydrogen-bond acceptors (Lipinski definition) is 3. The average molecular weight is 254 g/mol. The fraction of sp³-hybridized carbons (Fsp3) is 0.714. The molecule has 4 nitrogen and oxygen atoms in total. The Morgan fingerprint density at radius 2 is 2.11 bits per heavy atom. The number of aliphatic carboxylic acids is 1. The van der Waals surface area contributed by atoms with E-state index in [0.29, 0.717) is 6.42 Å². The number of rotatable bonds is 8. The van der Waals surface area contributed by atoms with E-state index in [1.807, 2.05) is 0 Å². The third-order valence-corrected chi connectivity index (χ3v) is 3.67. The number of carbonyl (C=O) groups is 2. The Labute approximate surface area is 108 Å². The van der Waals surface area contributed by atoms with Crippen LogP contribution in [0.4, 0.5) is 0 Å². The monoisotopic (exact) mass is 254 g/mol. The van der Waals surface area contributed by atoms with Crippen LogP contribution in [0.1, 0.15) is 39.0 Å². The van der Waals surface area contributed by atoms with Gasteiger partial charge < -0.3 is 10.2 Å². The molecule has 102 valence electrons. The molecule has 3 atom stereocenters. The lowest BCUT2D eigenvalue weighted by atomic mass is 9.89. The van der Waals surface area contributed by atoms with E-state index in [9.17, 15) is 9.59 Å². The van der Waals surface area contributed by atoms with Gasteiger partial charge in [-0.05, 0) is 18.9 Å². The number of aliphatic hydroxyl groups excluding tert-OH is 1. The molecule has 0 saturated heterocycles. The standard InChI is InChI=1S/C14H22O4/c1-10(14(17)18)5-3-2-4-6-12-11(9-15)7-8-13(12)16/h7-8,10-12,15H,2-6,9H2,1H3,(H,17,18)/t10?,11-,12-/m1/s1. The summed E-state index contributed by atoms with van der Waals surface area (Å²) in [5.74, 6) is -0.995. The summed E-state index contributed by atoms with van der Waals surface area (Å²) in [7, 11) is 0. The van der Waals surface area contributed by atoms with Crippen LogP contribution in [-0.4, -0.2) is 28.6 Å². The van der Waals surface area contributed by atoms with Crippen LogP contribution in [0.2, 0.25) is 0 Å². The third-order valence-electron chi connectivity index (χ3n) is 3.67. The van der Waals surface area contributed by atoms with Crippen LogP contribution in [0.3, 0.4) is 0 Å². The molecule has 0 amide bonds.